The second kappa shape index (κ2) is 3.59. The van der Waals surface area contributed by atoms with Gasteiger partial charge < -0.3 is 0 Å². The molecule has 0 N–H and O–H groups in total. The lowest BCUT2D eigenvalue weighted by molar-refractivity contribution is 0.604. The van der Waals surface area contributed by atoms with Crippen molar-refractivity contribution in [2.75, 3.05) is 0 Å². The quantitative estimate of drug-likeness (QED) is 0.697. The molecule has 1 nitrogen and oxygen atoms in total. The summed E-state index contributed by atoms with van der Waals surface area (Å²) in [6.45, 7) is 5.07. The number of hydrogen-bond acceptors (Lipinski definition) is 1. The Balaban J connectivity index is 3.38. The van der Waals surface area contributed by atoms with E-state index in [1.165, 1.54) is 6.07 Å². The van der Waals surface area contributed by atoms with Crippen LogP contribution in [0.2, 0.25) is 5.02 Å². The molecule has 0 unspecified atom stereocenters. The number of rotatable bonds is 1. The summed E-state index contributed by atoms with van der Waals surface area (Å²) in [4.78, 5) is 0. The van der Waals surface area contributed by atoms with Gasteiger partial charge in [-0.05, 0) is 44.0 Å². The molecule has 0 amide bonds. The third-order valence-corrected chi connectivity index (χ3v) is 2.51. The minimum atomic E-state index is -0.758. The summed E-state index contributed by atoms with van der Waals surface area (Å²) in [5.74, 6) is -0.326. The van der Waals surface area contributed by atoms with Crippen molar-refractivity contribution in [3.05, 3.63) is 34.1 Å². The van der Waals surface area contributed by atoms with E-state index in [2.05, 4.69) is 6.07 Å². The van der Waals surface area contributed by atoms with E-state index in [1.54, 1.807) is 26.8 Å². The Hall–Kier alpha value is -1.07. The second-order valence-electron chi connectivity index (χ2n) is 3.82. The van der Waals surface area contributed by atoms with E-state index in [9.17, 15) is 4.39 Å². The van der Waals surface area contributed by atoms with Crippen LogP contribution in [0.25, 0.3) is 0 Å². The molecule has 1 rings (SSSR count). The predicted molar refractivity (Wildman–Crippen MR) is 54.8 cm³/mol. The van der Waals surface area contributed by atoms with Gasteiger partial charge in [0.25, 0.3) is 0 Å². The number of hydrogen-bond donors (Lipinski definition) is 0. The Kier molecular flexibility index (Phi) is 2.82. The minimum Gasteiger partial charge on any atom is -0.207 e. The molecule has 1 aromatic carbocycles. The lowest BCUT2D eigenvalue weighted by atomic mass is 9.86. The van der Waals surface area contributed by atoms with Crippen molar-refractivity contribution < 1.29 is 4.39 Å². The number of aryl methyl sites for hydroxylation is 1. The molecule has 14 heavy (non-hydrogen) atoms. The zero-order chi connectivity index (χ0) is 10.9. The Morgan fingerprint density at radius 1 is 1.43 bits per heavy atom. The van der Waals surface area contributed by atoms with E-state index in [-0.39, 0.29) is 5.82 Å². The lowest BCUT2D eigenvalue weighted by Gasteiger charge is -2.18. The average Bonchev–Trinajstić information content (AvgIpc) is 2.11. The summed E-state index contributed by atoms with van der Waals surface area (Å²) in [6, 6.07) is 4.98. The maximum Gasteiger partial charge on any atom is 0.126 e. The van der Waals surface area contributed by atoms with Crippen LogP contribution in [0, 0.1) is 24.1 Å². The molecule has 0 saturated carbocycles. The lowest BCUT2D eigenvalue weighted by Crippen LogP contribution is -2.15. The van der Waals surface area contributed by atoms with Gasteiger partial charge in [0.15, 0.2) is 0 Å². The van der Waals surface area contributed by atoms with Crippen LogP contribution >= 0.6 is 11.6 Å². The number of nitriles is 1. The van der Waals surface area contributed by atoms with E-state index in [0.29, 0.717) is 16.1 Å². The summed E-state index contributed by atoms with van der Waals surface area (Å²) in [5.41, 5.74) is 0.267. The highest BCUT2D eigenvalue weighted by molar-refractivity contribution is 6.31. The fourth-order valence-electron chi connectivity index (χ4n) is 1.19. The molecule has 0 aliphatic rings. The van der Waals surface area contributed by atoms with Crippen molar-refractivity contribution in [3.8, 4) is 6.07 Å². The predicted octanol–water partition coefficient (Wildman–Crippen LogP) is 3.59. The van der Waals surface area contributed by atoms with Crippen molar-refractivity contribution in [1.29, 1.82) is 5.26 Å². The van der Waals surface area contributed by atoms with Crippen molar-refractivity contribution >= 4 is 11.6 Å². The van der Waals surface area contributed by atoms with Gasteiger partial charge in [-0.1, -0.05) is 11.6 Å². The van der Waals surface area contributed by atoms with Crippen LogP contribution < -0.4 is 0 Å². The zero-order valence-corrected chi connectivity index (χ0v) is 9.11. The molecular weight excluding hydrogens is 201 g/mol. The standard InChI is InChI=1S/C11H11ClFN/c1-7-4-9(12)8(5-10(7)13)11(2,3)6-14/h4-5H,1-3H3. The van der Waals surface area contributed by atoms with Crippen LogP contribution in [-0.4, -0.2) is 0 Å². The van der Waals surface area contributed by atoms with Gasteiger partial charge in [0.05, 0.1) is 11.5 Å². The first kappa shape index (κ1) is 11.0. The van der Waals surface area contributed by atoms with Crippen LogP contribution in [0.5, 0.6) is 0 Å². The summed E-state index contributed by atoms with van der Waals surface area (Å²) < 4.78 is 13.3. The van der Waals surface area contributed by atoms with Crippen LogP contribution in [0.1, 0.15) is 25.0 Å². The molecule has 3 heteroatoms. The van der Waals surface area contributed by atoms with Crippen LogP contribution in [0.4, 0.5) is 4.39 Å². The first-order valence-electron chi connectivity index (χ1n) is 4.26. The number of halogens is 2. The maximum absolute atomic E-state index is 13.3. The summed E-state index contributed by atoms with van der Waals surface area (Å²) >= 11 is 5.95. The molecular formula is C11H11ClFN. The molecule has 0 fully saturated rings. The van der Waals surface area contributed by atoms with E-state index >= 15 is 0 Å². The van der Waals surface area contributed by atoms with Crippen molar-refractivity contribution in [2.24, 2.45) is 0 Å². The topological polar surface area (TPSA) is 23.8 Å². The van der Waals surface area contributed by atoms with Crippen LogP contribution in [0.3, 0.4) is 0 Å². The van der Waals surface area contributed by atoms with Gasteiger partial charge in [-0.25, -0.2) is 4.39 Å². The third kappa shape index (κ3) is 1.88. The SMILES string of the molecule is Cc1cc(Cl)c(C(C)(C)C#N)cc1F. The smallest absolute Gasteiger partial charge is 0.126 e. The fourth-order valence-corrected chi connectivity index (χ4v) is 1.64. The molecule has 0 aliphatic heterocycles. The highest BCUT2D eigenvalue weighted by Crippen LogP contribution is 2.31. The van der Waals surface area contributed by atoms with E-state index in [0.717, 1.165) is 0 Å². The molecule has 0 bridgehead atoms. The maximum atomic E-state index is 13.3. The summed E-state index contributed by atoms with van der Waals surface area (Å²) in [6.07, 6.45) is 0. The first-order valence-corrected chi connectivity index (χ1v) is 4.63. The molecule has 0 spiro atoms. The molecule has 1 aromatic rings. The van der Waals surface area contributed by atoms with Crippen LogP contribution in [0.15, 0.2) is 12.1 Å². The van der Waals surface area contributed by atoms with Gasteiger partial charge in [-0.3, -0.25) is 0 Å². The van der Waals surface area contributed by atoms with E-state index in [4.69, 9.17) is 16.9 Å². The monoisotopic (exact) mass is 211 g/mol. The largest absolute Gasteiger partial charge is 0.207 e. The minimum absolute atomic E-state index is 0.326. The Morgan fingerprint density at radius 2 is 2.00 bits per heavy atom. The van der Waals surface area contributed by atoms with Gasteiger partial charge in [0.1, 0.15) is 5.82 Å². The number of nitrogens with zero attached hydrogens (tertiary/aromatic N) is 1. The highest BCUT2D eigenvalue weighted by Gasteiger charge is 2.23. The second-order valence-corrected chi connectivity index (χ2v) is 4.23. The Bertz CT molecular complexity index is 404. The van der Waals surface area contributed by atoms with E-state index in [1.807, 2.05) is 0 Å². The first-order chi connectivity index (χ1) is 6.38. The molecule has 0 heterocycles. The Labute approximate surface area is 88.1 Å². The Morgan fingerprint density at radius 3 is 2.50 bits per heavy atom. The average molecular weight is 212 g/mol. The fraction of sp³-hybridized carbons (Fsp3) is 0.364. The van der Waals surface area contributed by atoms with Gasteiger partial charge in [0.2, 0.25) is 0 Å². The van der Waals surface area contributed by atoms with Crippen molar-refractivity contribution in [2.45, 2.75) is 26.2 Å². The van der Waals surface area contributed by atoms with Crippen molar-refractivity contribution in [3.63, 3.8) is 0 Å². The number of benzene rings is 1. The normalized spacial score (nSPS) is 11.1. The summed E-state index contributed by atoms with van der Waals surface area (Å²) in [5, 5.41) is 9.34. The van der Waals surface area contributed by atoms with Gasteiger partial charge >= 0.3 is 0 Å². The molecule has 0 aliphatic carbocycles. The van der Waals surface area contributed by atoms with Gasteiger partial charge in [-0.15, -0.1) is 0 Å². The van der Waals surface area contributed by atoms with Gasteiger partial charge in [0, 0.05) is 5.02 Å². The molecule has 0 radical (unpaired) electrons. The zero-order valence-electron chi connectivity index (χ0n) is 8.36. The molecule has 74 valence electrons. The van der Waals surface area contributed by atoms with E-state index < -0.39 is 5.41 Å². The third-order valence-electron chi connectivity index (χ3n) is 2.20. The van der Waals surface area contributed by atoms with Crippen molar-refractivity contribution in [1.82, 2.24) is 0 Å². The highest BCUT2D eigenvalue weighted by atomic mass is 35.5. The summed E-state index contributed by atoms with van der Waals surface area (Å²) in [7, 11) is 0. The molecule has 0 atom stereocenters. The van der Waals surface area contributed by atoms with Gasteiger partial charge in [-0.2, -0.15) is 5.26 Å². The molecule has 0 saturated heterocycles. The van der Waals surface area contributed by atoms with Crippen LogP contribution in [-0.2, 0) is 5.41 Å². The molecule has 0 aromatic heterocycles.